The second-order valence-electron chi connectivity index (χ2n) is 5.05. The molecule has 5 nitrogen and oxygen atoms in total. The van der Waals surface area contributed by atoms with E-state index in [2.05, 4.69) is 5.10 Å². The van der Waals surface area contributed by atoms with E-state index in [1.165, 1.54) is 0 Å². The fourth-order valence-corrected chi connectivity index (χ4v) is 2.24. The maximum Gasteiger partial charge on any atom is 0.119 e. The van der Waals surface area contributed by atoms with Crippen LogP contribution < -0.4 is 9.47 Å². The average Bonchev–Trinajstić information content (AvgIpc) is 3.15. The van der Waals surface area contributed by atoms with Gasteiger partial charge in [-0.05, 0) is 48.0 Å². The fraction of sp³-hybridized carbons (Fsp3) is 0.167. The van der Waals surface area contributed by atoms with Gasteiger partial charge in [0.15, 0.2) is 0 Å². The highest BCUT2D eigenvalue weighted by atomic mass is 16.5. The van der Waals surface area contributed by atoms with E-state index in [-0.39, 0.29) is 6.61 Å². The van der Waals surface area contributed by atoms with Crippen molar-refractivity contribution in [1.82, 2.24) is 9.78 Å². The first kappa shape index (κ1) is 15.1. The van der Waals surface area contributed by atoms with E-state index in [0.717, 1.165) is 11.3 Å². The first-order valence-electron chi connectivity index (χ1n) is 7.31. The summed E-state index contributed by atoms with van der Waals surface area (Å²) in [4.78, 5) is 0. The Kier molecular flexibility index (Phi) is 4.59. The van der Waals surface area contributed by atoms with Gasteiger partial charge in [0.1, 0.15) is 24.2 Å². The number of hydrogen-bond acceptors (Lipinski definition) is 4. The van der Waals surface area contributed by atoms with Crippen LogP contribution in [0.5, 0.6) is 11.5 Å². The van der Waals surface area contributed by atoms with Gasteiger partial charge in [0.05, 0.1) is 12.8 Å². The van der Waals surface area contributed by atoms with Crippen molar-refractivity contribution in [1.29, 1.82) is 0 Å². The van der Waals surface area contributed by atoms with Crippen LogP contribution in [0.15, 0.2) is 67.0 Å². The lowest BCUT2D eigenvalue weighted by Crippen LogP contribution is -2.09. The van der Waals surface area contributed by atoms with Crippen LogP contribution in [0.1, 0.15) is 11.7 Å². The highest BCUT2D eigenvalue weighted by Gasteiger charge is 2.09. The van der Waals surface area contributed by atoms with Crippen LogP contribution >= 0.6 is 0 Å². The molecule has 3 rings (SSSR count). The summed E-state index contributed by atoms with van der Waals surface area (Å²) >= 11 is 0. The molecule has 1 atom stereocenters. The van der Waals surface area contributed by atoms with Crippen molar-refractivity contribution in [2.24, 2.45) is 0 Å². The maximum absolute atomic E-state index is 10.2. The molecule has 118 valence electrons. The number of nitrogens with zero attached hydrogens (tertiary/aromatic N) is 2. The molecule has 1 aromatic heterocycles. The first-order valence-corrected chi connectivity index (χ1v) is 7.31. The summed E-state index contributed by atoms with van der Waals surface area (Å²) in [6.07, 6.45) is 2.90. The Morgan fingerprint density at radius 2 is 1.91 bits per heavy atom. The number of methoxy groups -OCH3 is 1. The van der Waals surface area contributed by atoms with Gasteiger partial charge < -0.3 is 14.6 Å². The van der Waals surface area contributed by atoms with Crippen LogP contribution in [0.2, 0.25) is 0 Å². The predicted octanol–water partition coefficient (Wildman–Crippen LogP) is 2.99. The number of aliphatic hydroxyl groups excluding tert-OH is 1. The smallest absolute Gasteiger partial charge is 0.119 e. The Balaban J connectivity index is 1.61. The topological polar surface area (TPSA) is 56.5 Å². The quantitative estimate of drug-likeness (QED) is 0.760. The Labute approximate surface area is 134 Å². The molecule has 0 fully saturated rings. The van der Waals surface area contributed by atoms with E-state index < -0.39 is 6.10 Å². The summed E-state index contributed by atoms with van der Waals surface area (Å²) in [6.45, 7) is 0.175. The summed E-state index contributed by atoms with van der Waals surface area (Å²) in [5.74, 6) is 1.41. The van der Waals surface area contributed by atoms with Gasteiger partial charge in [-0.2, -0.15) is 5.10 Å². The highest BCUT2D eigenvalue weighted by Crippen LogP contribution is 2.21. The van der Waals surface area contributed by atoms with Crippen molar-refractivity contribution in [3.63, 3.8) is 0 Å². The van der Waals surface area contributed by atoms with Crippen LogP contribution in [0.3, 0.4) is 0 Å². The third-order valence-corrected chi connectivity index (χ3v) is 3.49. The van der Waals surface area contributed by atoms with Crippen LogP contribution in [0.4, 0.5) is 0 Å². The molecular weight excluding hydrogens is 292 g/mol. The van der Waals surface area contributed by atoms with Gasteiger partial charge in [0.2, 0.25) is 0 Å². The van der Waals surface area contributed by atoms with Crippen molar-refractivity contribution < 1.29 is 14.6 Å². The SMILES string of the molecule is COc1cccc(C(O)COc2ccc(-n3cccn3)cc2)c1. The largest absolute Gasteiger partial charge is 0.497 e. The normalized spacial score (nSPS) is 11.9. The minimum atomic E-state index is -0.712. The molecule has 0 bridgehead atoms. The lowest BCUT2D eigenvalue weighted by Gasteiger charge is -2.14. The van der Waals surface area contributed by atoms with E-state index in [1.54, 1.807) is 24.1 Å². The van der Waals surface area contributed by atoms with Crippen molar-refractivity contribution in [2.45, 2.75) is 6.10 Å². The predicted molar refractivity (Wildman–Crippen MR) is 87.0 cm³/mol. The number of aromatic nitrogens is 2. The zero-order valence-electron chi connectivity index (χ0n) is 12.8. The number of aliphatic hydroxyl groups is 1. The van der Waals surface area contributed by atoms with E-state index in [4.69, 9.17) is 9.47 Å². The molecule has 0 spiro atoms. The van der Waals surface area contributed by atoms with Gasteiger partial charge in [0, 0.05) is 12.4 Å². The molecule has 0 amide bonds. The molecule has 0 saturated heterocycles. The molecule has 0 saturated carbocycles. The third kappa shape index (κ3) is 3.70. The van der Waals surface area contributed by atoms with Gasteiger partial charge in [-0.25, -0.2) is 4.68 Å². The highest BCUT2D eigenvalue weighted by molar-refractivity contribution is 5.36. The van der Waals surface area contributed by atoms with Crippen LogP contribution in [0.25, 0.3) is 5.69 Å². The van der Waals surface area contributed by atoms with E-state index in [0.29, 0.717) is 11.5 Å². The lowest BCUT2D eigenvalue weighted by atomic mass is 10.1. The van der Waals surface area contributed by atoms with Gasteiger partial charge in [-0.15, -0.1) is 0 Å². The molecule has 0 aliphatic rings. The molecule has 0 aliphatic carbocycles. The molecule has 1 N–H and O–H groups in total. The molecule has 1 unspecified atom stereocenters. The molecular formula is C18H18N2O3. The van der Waals surface area contributed by atoms with Crippen molar-refractivity contribution >= 4 is 0 Å². The molecule has 0 radical (unpaired) electrons. The summed E-state index contributed by atoms with van der Waals surface area (Å²) in [5, 5.41) is 14.4. The molecule has 23 heavy (non-hydrogen) atoms. The van der Waals surface area contributed by atoms with E-state index in [9.17, 15) is 5.11 Å². The molecule has 5 heteroatoms. The molecule has 0 aliphatic heterocycles. The number of benzene rings is 2. The third-order valence-electron chi connectivity index (χ3n) is 3.49. The zero-order valence-corrected chi connectivity index (χ0v) is 12.8. The number of ether oxygens (including phenoxy) is 2. The molecule has 1 heterocycles. The minimum Gasteiger partial charge on any atom is -0.497 e. The van der Waals surface area contributed by atoms with E-state index in [1.807, 2.05) is 54.7 Å². The van der Waals surface area contributed by atoms with Crippen LogP contribution in [-0.2, 0) is 0 Å². The standard InChI is InChI=1S/C18H18N2O3/c1-22-17-5-2-4-14(12-17)18(21)13-23-16-8-6-15(7-9-16)20-11-3-10-19-20/h2-12,18,21H,13H2,1H3. The second-order valence-corrected chi connectivity index (χ2v) is 5.05. The molecule has 3 aromatic rings. The monoisotopic (exact) mass is 310 g/mol. The van der Waals surface area contributed by atoms with Crippen molar-refractivity contribution in [3.05, 3.63) is 72.6 Å². The first-order chi connectivity index (χ1) is 11.3. The Morgan fingerprint density at radius 1 is 1.09 bits per heavy atom. The Bertz CT molecular complexity index is 739. The van der Waals surface area contributed by atoms with Crippen molar-refractivity contribution in [3.8, 4) is 17.2 Å². The van der Waals surface area contributed by atoms with Gasteiger partial charge in [0.25, 0.3) is 0 Å². The van der Waals surface area contributed by atoms with Crippen LogP contribution in [-0.4, -0.2) is 28.6 Å². The number of rotatable bonds is 6. The van der Waals surface area contributed by atoms with Gasteiger partial charge in [-0.3, -0.25) is 0 Å². The average molecular weight is 310 g/mol. The number of hydrogen-bond donors (Lipinski definition) is 1. The zero-order chi connectivity index (χ0) is 16.1. The molecule has 2 aromatic carbocycles. The Hall–Kier alpha value is -2.79. The second kappa shape index (κ2) is 6.98. The van der Waals surface area contributed by atoms with Gasteiger partial charge in [-0.1, -0.05) is 12.1 Å². The van der Waals surface area contributed by atoms with E-state index >= 15 is 0 Å². The van der Waals surface area contributed by atoms with Crippen LogP contribution in [0, 0.1) is 0 Å². The summed E-state index contributed by atoms with van der Waals surface area (Å²) in [6, 6.07) is 16.7. The summed E-state index contributed by atoms with van der Waals surface area (Å²) < 4.78 is 12.6. The maximum atomic E-state index is 10.2. The van der Waals surface area contributed by atoms with Crippen molar-refractivity contribution in [2.75, 3.05) is 13.7 Å². The van der Waals surface area contributed by atoms with Gasteiger partial charge >= 0.3 is 0 Å². The Morgan fingerprint density at radius 3 is 2.61 bits per heavy atom. The fourth-order valence-electron chi connectivity index (χ4n) is 2.24. The summed E-state index contributed by atoms with van der Waals surface area (Å²) in [7, 11) is 1.60. The summed E-state index contributed by atoms with van der Waals surface area (Å²) in [5.41, 5.74) is 1.72. The lowest BCUT2D eigenvalue weighted by molar-refractivity contribution is 0.108. The minimum absolute atomic E-state index is 0.175.